The highest BCUT2D eigenvalue weighted by Crippen LogP contribution is 2.48. The highest BCUT2D eigenvalue weighted by atomic mass is 16.6. The molecule has 112 valence electrons. The fourth-order valence-corrected chi connectivity index (χ4v) is 3.71. The second-order valence-corrected chi connectivity index (χ2v) is 5.97. The van der Waals surface area contributed by atoms with E-state index >= 15 is 0 Å². The molecule has 3 atom stereocenters. The first-order valence-electron chi connectivity index (χ1n) is 7.16. The summed E-state index contributed by atoms with van der Waals surface area (Å²) in [6, 6.07) is 1.05. The minimum atomic E-state index is -1.21. The minimum absolute atomic E-state index is 0.146. The first-order valence-corrected chi connectivity index (χ1v) is 7.16. The number of carbonyl (C=O) groups is 1. The average molecular weight is 291 g/mol. The summed E-state index contributed by atoms with van der Waals surface area (Å²) in [7, 11) is 0. The SMILES string of the molecule is O=C(O)c1cc([N+](=O)[O-])cnc1NCC1CC2CCC1C2. The Labute approximate surface area is 121 Å². The summed E-state index contributed by atoms with van der Waals surface area (Å²) in [6.07, 6.45) is 6.14. The second kappa shape index (κ2) is 5.31. The third-order valence-electron chi connectivity index (χ3n) is 4.73. The molecule has 21 heavy (non-hydrogen) atoms. The van der Waals surface area contributed by atoms with Crippen LogP contribution in [-0.2, 0) is 0 Å². The molecule has 1 heterocycles. The second-order valence-electron chi connectivity index (χ2n) is 5.97. The van der Waals surface area contributed by atoms with Crippen LogP contribution in [0.3, 0.4) is 0 Å². The smallest absolute Gasteiger partial charge is 0.339 e. The van der Waals surface area contributed by atoms with Gasteiger partial charge in [0, 0.05) is 12.6 Å². The molecule has 0 saturated heterocycles. The van der Waals surface area contributed by atoms with E-state index in [1.807, 2.05) is 0 Å². The fraction of sp³-hybridized carbons (Fsp3) is 0.571. The number of anilines is 1. The molecule has 0 aliphatic heterocycles. The van der Waals surface area contributed by atoms with Gasteiger partial charge in [0.05, 0.1) is 4.92 Å². The molecular formula is C14H17N3O4. The van der Waals surface area contributed by atoms with E-state index in [4.69, 9.17) is 5.11 Å². The number of fused-ring (bicyclic) bond motifs is 2. The number of nitrogens with one attached hydrogen (secondary N) is 1. The normalized spacial score (nSPS) is 26.8. The van der Waals surface area contributed by atoms with Crippen molar-refractivity contribution in [1.82, 2.24) is 4.98 Å². The van der Waals surface area contributed by atoms with E-state index in [-0.39, 0.29) is 17.1 Å². The standard InChI is InChI=1S/C14H17N3O4/c18-14(19)12-5-11(17(20)21)7-16-13(12)15-6-10-4-8-1-2-9(10)3-8/h5,7-10H,1-4,6H2,(H,15,16)(H,18,19). The Hall–Kier alpha value is -2.18. The van der Waals surface area contributed by atoms with Crippen LogP contribution in [0.1, 0.15) is 36.0 Å². The van der Waals surface area contributed by atoms with E-state index in [1.54, 1.807) is 0 Å². The summed E-state index contributed by atoms with van der Waals surface area (Å²) < 4.78 is 0. The van der Waals surface area contributed by atoms with Crippen molar-refractivity contribution in [3.8, 4) is 0 Å². The third-order valence-corrected chi connectivity index (χ3v) is 4.73. The van der Waals surface area contributed by atoms with Crippen LogP contribution in [-0.4, -0.2) is 27.5 Å². The maximum atomic E-state index is 11.2. The molecule has 7 nitrogen and oxygen atoms in total. The zero-order valence-corrected chi connectivity index (χ0v) is 11.5. The van der Waals surface area contributed by atoms with Crippen molar-refractivity contribution in [2.24, 2.45) is 17.8 Å². The first-order chi connectivity index (χ1) is 10.0. The number of carboxylic acid groups (broad SMARTS) is 1. The van der Waals surface area contributed by atoms with Gasteiger partial charge in [-0.2, -0.15) is 0 Å². The van der Waals surface area contributed by atoms with Crippen LogP contribution in [0.2, 0.25) is 0 Å². The van der Waals surface area contributed by atoms with Crippen LogP contribution >= 0.6 is 0 Å². The highest BCUT2D eigenvalue weighted by molar-refractivity contribution is 5.93. The lowest BCUT2D eigenvalue weighted by molar-refractivity contribution is -0.385. The molecule has 2 aliphatic rings. The van der Waals surface area contributed by atoms with Gasteiger partial charge in [0.2, 0.25) is 0 Å². The quantitative estimate of drug-likeness (QED) is 0.638. The summed E-state index contributed by atoms with van der Waals surface area (Å²) in [5.41, 5.74) is -0.453. The van der Waals surface area contributed by atoms with Crippen molar-refractivity contribution < 1.29 is 14.8 Å². The number of rotatable bonds is 5. The van der Waals surface area contributed by atoms with Gasteiger partial charge in [0.1, 0.15) is 17.6 Å². The monoisotopic (exact) mass is 291 g/mol. The summed E-state index contributed by atoms with van der Waals surface area (Å²) >= 11 is 0. The van der Waals surface area contributed by atoms with Gasteiger partial charge in [-0.05, 0) is 37.0 Å². The van der Waals surface area contributed by atoms with Crippen molar-refractivity contribution >= 4 is 17.5 Å². The van der Waals surface area contributed by atoms with Crippen LogP contribution in [0.4, 0.5) is 11.5 Å². The zero-order chi connectivity index (χ0) is 15.0. The molecule has 0 spiro atoms. The number of hydrogen-bond acceptors (Lipinski definition) is 5. The molecule has 2 bridgehead atoms. The molecule has 3 rings (SSSR count). The van der Waals surface area contributed by atoms with Crippen LogP contribution < -0.4 is 5.32 Å². The van der Waals surface area contributed by atoms with E-state index in [0.29, 0.717) is 12.5 Å². The number of carboxylic acids is 1. The highest BCUT2D eigenvalue weighted by Gasteiger charge is 2.39. The number of hydrogen-bond donors (Lipinski definition) is 2. The third kappa shape index (κ3) is 2.68. The van der Waals surface area contributed by atoms with E-state index in [9.17, 15) is 14.9 Å². The number of nitrogens with zero attached hydrogens (tertiary/aromatic N) is 2. The summed E-state index contributed by atoms with van der Waals surface area (Å²) in [5, 5.41) is 22.9. The maximum Gasteiger partial charge on any atom is 0.339 e. The zero-order valence-electron chi connectivity index (χ0n) is 11.5. The first kappa shape index (κ1) is 13.8. The molecule has 1 aromatic heterocycles. The Kier molecular flexibility index (Phi) is 3.48. The molecule has 2 N–H and O–H groups in total. The van der Waals surface area contributed by atoms with Crippen LogP contribution in [0.15, 0.2) is 12.3 Å². The van der Waals surface area contributed by atoms with Crippen LogP contribution in [0.5, 0.6) is 0 Å². The van der Waals surface area contributed by atoms with Crippen molar-refractivity contribution in [2.45, 2.75) is 25.7 Å². The lowest BCUT2D eigenvalue weighted by Gasteiger charge is -2.22. The predicted molar refractivity (Wildman–Crippen MR) is 75.3 cm³/mol. The van der Waals surface area contributed by atoms with Gasteiger partial charge in [-0.1, -0.05) is 6.42 Å². The molecule has 2 saturated carbocycles. The van der Waals surface area contributed by atoms with Gasteiger partial charge < -0.3 is 10.4 Å². The largest absolute Gasteiger partial charge is 0.478 e. The van der Waals surface area contributed by atoms with Crippen molar-refractivity contribution in [2.75, 3.05) is 11.9 Å². The predicted octanol–water partition coefficient (Wildman–Crippen LogP) is 2.54. The molecule has 0 aromatic carbocycles. The molecule has 3 unspecified atom stereocenters. The molecule has 7 heteroatoms. The van der Waals surface area contributed by atoms with Crippen LogP contribution in [0.25, 0.3) is 0 Å². The van der Waals surface area contributed by atoms with E-state index in [0.717, 1.165) is 24.1 Å². The van der Waals surface area contributed by atoms with E-state index in [1.165, 1.54) is 25.7 Å². The molecule has 0 radical (unpaired) electrons. The lowest BCUT2D eigenvalue weighted by Crippen LogP contribution is -2.21. The Morgan fingerprint density at radius 2 is 2.29 bits per heavy atom. The van der Waals surface area contributed by atoms with Crippen molar-refractivity contribution in [3.05, 3.63) is 27.9 Å². The van der Waals surface area contributed by atoms with Gasteiger partial charge in [0.25, 0.3) is 5.69 Å². The molecule has 0 amide bonds. The lowest BCUT2D eigenvalue weighted by atomic mass is 9.89. The maximum absolute atomic E-state index is 11.2. The number of aromatic nitrogens is 1. The van der Waals surface area contributed by atoms with Gasteiger partial charge in [-0.25, -0.2) is 9.78 Å². The van der Waals surface area contributed by atoms with Gasteiger partial charge in [-0.3, -0.25) is 10.1 Å². The van der Waals surface area contributed by atoms with Gasteiger partial charge in [0.15, 0.2) is 0 Å². The molecule has 2 fully saturated rings. The number of pyridine rings is 1. The number of nitro groups is 1. The Bertz CT molecular complexity index is 590. The summed E-state index contributed by atoms with van der Waals surface area (Å²) in [4.78, 5) is 25.2. The van der Waals surface area contributed by atoms with Crippen LogP contribution in [0, 0.1) is 27.9 Å². The van der Waals surface area contributed by atoms with Gasteiger partial charge >= 0.3 is 5.97 Å². The number of aromatic carboxylic acids is 1. The van der Waals surface area contributed by atoms with Crippen molar-refractivity contribution in [3.63, 3.8) is 0 Å². The fourth-order valence-electron chi connectivity index (χ4n) is 3.71. The Balaban J connectivity index is 1.72. The Morgan fingerprint density at radius 1 is 1.48 bits per heavy atom. The minimum Gasteiger partial charge on any atom is -0.478 e. The average Bonchev–Trinajstić information content (AvgIpc) is 3.07. The van der Waals surface area contributed by atoms with Gasteiger partial charge in [-0.15, -0.1) is 0 Å². The van der Waals surface area contributed by atoms with E-state index in [2.05, 4.69) is 10.3 Å². The van der Waals surface area contributed by atoms with Crippen molar-refractivity contribution in [1.29, 1.82) is 0 Å². The van der Waals surface area contributed by atoms with E-state index < -0.39 is 10.9 Å². The molecular weight excluding hydrogens is 274 g/mol. The topological polar surface area (TPSA) is 105 Å². The summed E-state index contributed by atoms with van der Waals surface area (Å²) in [6.45, 7) is 0.687. The summed E-state index contributed by atoms with van der Waals surface area (Å²) in [5.74, 6) is 1.12. The Morgan fingerprint density at radius 3 is 2.86 bits per heavy atom. The molecule has 2 aliphatic carbocycles. The molecule has 1 aromatic rings.